The van der Waals surface area contributed by atoms with Crippen molar-refractivity contribution in [2.24, 2.45) is 0 Å². The zero-order chi connectivity index (χ0) is 18.2. The van der Waals surface area contributed by atoms with Crippen LogP contribution in [0.1, 0.15) is 17.0 Å². The summed E-state index contributed by atoms with van der Waals surface area (Å²) in [6.07, 6.45) is 7.47. The third kappa shape index (κ3) is 5.14. The first kappa shape index (κ1) is 17.6. The van der Waals surface area contributed by atoms with E-state index in [-0.39, 0.29) is 11.7 Å². The second-order valence-electron chi connectivity index (χ2n) is 5.88. The first-order valence-electron chi connectivity index (χ1n) is 8.46. The lowest BCUT2D eigenvalue weighted by molar-refractivity contribution is -0.116. The summed E-state index contributed by atoms with van der Waals surface area (Å²) in [5.41, 5.74) is 1.98. The van der Waals surface area contributed by atoms with Crippen molar-refractivity contribution in [1.29, 1.82) is 0 Å². The number of nitrogens with one attached hydrogen (secondary N) is 1. The van der Waals surface area contributed by atoms with E-state index in [0.717, 1.165) is 17.9 Å². The molecule has 0 unspecified atom stereocenters. The van der Waals surface area contributed by atoms with Crippen LogP contribution in [0.4, 0.5) is 4.39 Å². The maximum Gasteiger partial charge on any atom is 0.244 e. The number of amides is 1. The number of imidazole rings is 1. The summed E-state index contributed by atoms with van der Waals surface area (Å²) in [5.74, 6) is 0.449. The molecule has 26 heavy (non-hydrogen) atoms. The predicted octanol–water partition coefficient (Wildman–Crippen LogP) is 3.44. The van der Waals surface area contributed by atoms with Gasteiger partial charge in [-0.2, -0.15) is 0 Å². The molecule has 3 aromatic rings. The van der Waals surface area contributed by atoms with Gasteiger partial charge in [0.05, 0.1) is 0 Å². The molecule has 5 heteroatoms. The number of benzene rings is 2. The number of rotatable bonds is 7. The quantitative estimate of drug-likeness (QED) is 0.664. The molecular formula is C21H20FN3O. The Bertz CT molecular complexity index is 870. The van der Waals surface area contributed by atoms with Gasteiger partial charge in [0.2, 0.25) is 5.91 Å². The van der Waals surface area contributed by atoms with Crippen molar-refractivity contribution < 1.29 is 9.18 Å². The molecule has 0 saturated heterocycles. The Kier molecular flexibility index (Phi) is 5.93. The van der Waals surface area contributed by atoms with Crippen LogP contribution in [0.15, 0.2) is 73.1 Å². The highest BCUT2D eigenvalue weighted by molar-refractivity contribution is 5.91. The molecule has 0 saturated carbocycles. The molecule has 0 atom stereocenters. The molecule has 132 valence electrons. The fourth-order valence-corrected chi connectivity index (χ4v) is 2.59. The molecule has 1 amide bonds. The van der Waals surface area contributed by atoms with E-state index >= 15 is 0 Å². The van der Waals surface area contributed by atoms with Crippen molar-refractivity contribution in [2.75, 3.05) is 6.54 Å². The lowest BCUT2D eigenvalue weighted by Crippen LogP contribution is -2.24. The fourth-order valence-electron chi connectivity index (χ4n) is 2.59. The number of hydrogen-bond donors (Lipinski definition) is 1. The first-order chi connectivity index (χ1) is 12.7. The summed E-state index contributed by atoms with van der Waals surface area (Å²) < 4.78 is 14.9. The average Bonchev–Trinajstić information content (AvgIpc) is 3.09. The average molecular weight is 349 g/mol. The van der Waals surface area contributed by atoms with Crippen LogP contribution in [0.3, 0.4) is 0 Å². The molecule has 0 radical (unpaired) electrons. The van der Waals surface area contributed by atoms with E-state index < -0.39 is 0 Å². The molecule has 4 nitrogen and oxygen atoms in total. The van der Waals surface area contributed by atoms with Gasteiger partial charge >= 0.3 is 0 Å². The normalized spacial score (nSPS) is 11.0. The third-order valence-electron chi connectivity index (χ3n) is 3.94. The third-order valence-corrected chi connectivity index (χ3v) is 3.94. The summed E-state index contributed by atoms with van der Waals surface area (Å²) in [7, 11) is 0. The fraction of sp³-hybridized carbons (Fsp3) is 0.143. The maximum atomic E-state index is 12.8. The van der Waals surface area contributed by atoms with Crippen molar-refractivity contribution >= 4 is 12.0 Å². The van der Waals surface area contributed by atoms with E-state index in [1.54, 1.807) is 24.4 Å². The lowest BCUT2D eigenvalue weighted by atomic mass is 10.2. The minimum absolute atomic E-state index is 0.185. The van der Waals surface area contributed by atoms with Crippen LogP contribution < -0.4 is 5.32 Å². The molecule has 0 spiro atoms. The van der Waals surface area contributed by atoms with Gasteiger partial charge < -0.3 is 9.88 Å². The number of aromatic nitrogens is 2. The van der Waals surface area contributed by atoms with E-state index in [9.17, 15) is 9.18 Å². The minimum atomic E-state index is -0.294. The van der Waals surface area contributed by atoms with Gasteiger partial charge in [-0.3, -0.25) is 4.79 Å². The van der Waals surface area contributed by atoms with Crippen LogP contribution in [-0.4, -0.2) is 22.0 Å². The molecule has 0 fully saturated rings. The molecule has 0 bridgehead atoms. The Balaban J connectivity index is 1.48. The largest absolute Gasteiger partial charge is 0.352 e. The topological polar surface area (TPSA) is 46.9 Å². The van der Waals surface area contributed by atoms with Crippen LogP contribution in [0, 0.1) is 5.82 Å². The summed E-state index contributed by atoms with van der Waals surface area (Å²) in [5, 5.41) is 2.84. The molecule has 0 aliphatic rings. The number of nitrogens with zero attached hydrogens (tertiary/aromatic N) is 2. The summed E-state index contributed by atoms with van der Waals surface area (Å²) in [6, 6.07) is 16.2. The Morgan fingerprint density at radius 1 is 1.12 bits per heavy atom. The number of carbonyl (C=O) groups is 1. The highest BCUT2D eigenvalue weighted by Gasteiger charge is 2.04. The highest BCUT2D eigenvalue weighted by Crippen LogP contribution is 2.06. The minimum Gasteiger partial charge on any atom is -0.352 e. The maximum absolute atomic E-state index is 12.8. The lowest BCUT2D eigenvalue weighted by Gasteiger charge is -2.08. The second kappa shape index (κ2) is 8.76. The van der Waals surface area contributed by atoms with Crippen LogP contribution >= 0.6 is 0 Å². The standard InChI is InChI=1S/C21H20FN3O/c22-19-9-6-17(7-10-19)8-11-21(26)24-13-12-20-23-14-15-25(20)16-18-4-2-1-3-5-18/h1-11,14-15H,12-13,16H2,(H,24,26)/b11-8+. The summed E-state index contributed by atoms with van der Waals surface area (Å²) in [4.78, 5) is 16.3. The van der Waals surface area contributed by atoms with Crippen molar-refractivity contribution in [1.82, 2.24) is 14.9 Å². The molecule has 1 aromatic heterocycles. The Morgan fingerprint density at radius 3 is 2.65 bits per heavy atom. The van der Waals surface area contributed by atoms with E-state index in [2.05, 4.69) is 27.0 Å². The molecule has 1 heterocycles. The number of hydrogen-bond acceptors (Lipinski definition) is 2. The van der Waals surface area contributed by atoms with Crippen LogP contribution in [-0.2, 0) is 17.8 Å². The van der Waals surface area contributed by atoms with Crippen LogP contribution in [0.2, 0.25) is 0 Å². The predicted molar refractivity (Wildman–Crippen MR) is 99.9 cm³/mol. The van der Waals surface area contributed by atoms with Crippen molar-refractivity contribution in [3.8, 4) is 0 Å². The van der Waals surface area contributed by atoms with Crippen molar-refractivity contribution in [3.63, 3.8) is 0 Å². The second-order valence-corrected chi connectivity index (χ2v) is 5.88. The zero-order valence-corrected chi connectivity index (χ0v) is 14.3. The monoisotopic (exact) mass is 349 g/mol. The molecule has 0 aliphatic carbocycles. The number of carbonyl (C=O) groups excluding carboxylic acids is 1. The van der Waals surface area contributed by atoms with E-state index in [1.165, 1.54) is 23.8 Å². The Hall–Kier alpha value is -3.21. The van der Waals surface area contributed by atoms with Gasteiger partial charge in [-0.05, 0) is 29.3 Å². The molecule has 0 aliphatic heterocycles. The Morgan fingerprint density at radius 2 is 1.88 bits per heavy atom. The molecule has 2 aromatic carbocycles. The first-order valence-corrected chi connectivity index (χ1v) is 8.46. The van der Waals surface area contributed by atoms with Crippen molar-refractivity contribution in [3.05, 3.63) is 95.8 Å². The van der Waals surface area contributed by atoms with Gasteiger partial charge in [0, 0.05) is 38.0 Å². The summed E-state index contributed by atoms with van der Waals surface area (Å²) in [6.45, 7) is 1.26. The zero-order valence-electron chi connectivity index (χ0n) is 14.3. The van der Waals surface area contributed by atoms with E-state index in [1.807, 2.05) is 24.4 Å². The van der Waals surface area contributed by atoms with E-state index in [4.69, 9.17) is 0 Å². The Labute approximate surface area is 152 Å². The van der Waals surface area contributed by atoms with E-state index in [0.29, 0.717) is 13.0 Å². The van der Waals surface area contributed by atoms with Crippen LogP contribution in [0.25, 0.3) is 6.08 Å². The van der Waals surface area contributed by atoms with Crippen molar-refractivity contribution in [2.45, 2.75) is 13.0 Å². The van der Waals surface area contributed by atoms with Gasteiger partial charge in [0.15, 0.2) is 0 Å². The smallest absolute Gasteiger partial charge is 0.244 e. The van der Waals surface area contributed by atoms with Gasteiger partial charge in [-0.25, -0.2) is 9.37 Å². The van der Waals surface area contributed by atoms with Gasteiger partial charge in [-0.1, -0.05) is 42.5 Å². The molecule has 1 N–H and O–H groups in total. The SMILES string of the molecule is O=C(/C=C/c1ccc(F)cc1)NCCc1nccn1Cc1ccccc1. The number of halogens is 1. The van der Waals surface area contributed by atoms with Gasteiger partial charge in [-0.15, -0.1) is 0 Å². The molecular weight excluding hydrogens is 329 g/mol. The van der Waals surface area contributed by atoms with Gasteiger partial charge in [0.1, 0.15) is 11.6 Å². The summed E-state index contributed by atoms with van der Waals surface area (Å²) >= 11 is 0. The van der Waals surface area contributed by atoms with Crippen LogP contribution in [0.5, 0.6) is 0 Å². The highest BCUT2D eigenvalue weighted by atomic mass is 19.1. The van der Waals surface area contributed by atoms with Gasteiger partial charge in [0.25, 0.3) is 0 Å². The molecule has 3 rings (SSSR count).